The van der Waals surface area contributed by atoms with Gasteiger partial charge < -0.3 is 9.47 Å². The first kappa shape index (κ1) is 14.5. The fraction of sp³-hybridized carbons (Fsp3) is 0.400. The lowest BCUT2D eigenvalue weighted by molar-refractivity contribution is 0.0487. The Kier molecular flexibility index (Phi) is 5.59. The van der Waals surface area contributed by atoms with E-state index in [4.69, 9.17) is 9.47 Å². The molecule has 1 aromatic rings. The van der Waals surface area contributed by atoms with Crippen LogP contribution in [0.15, 0.2) is 36.4 Å². The molecule has 0 fully saturated rings. The summed E-state index contributed by atoms with van der Waals surface area (Å²) in [7, 11) is 1.60. The maximum absolute atomic E-state index is 12.0. The molecule has 98 valence electrons. The molecule has 0 aliphatic carbocycles. The van der Waals surface area contributed by atoms with E-state index in [9.17, 15) is 4.79 Å². The summed E-state index contributed by atoms with van der Waals surface area (Å²) >= 11 is 0. The Morgan fingerprint density at radius 3 is 2.44 bits per heavy atom. The van der Waals surface area contributed by atoms with Crippen LogP contribution in [0, 0.1) is 0 Å². The number of hydrogen-bond acceptors (Lipinski definition) is 3. The predicted molar refractivity (Wildman–Crippen MR) is 72.2 cm³/mol. The van der Waals surface area contributed by atoms with E-state index in [-0.39, 0.29) is 5.78 Å². The number of Topliss-reactive ketones (excluding diaryl/α,β-unsaturated/α-hetero) is 1. The quantitative estimate of drug-likeness (QED) is 0.549. The number of carbonyl (C=O) groups is 1. The Balaban J connectivity index is 2.54. The van der Waals surface area contributed by atoms with Crippen LogP contribution in [-0.4, -0.2) is 25.6 Å². The minimum atomic E-state index is -0.433. The average molecular weight is 248 g/mol. The average Bonchev–Trinajstić information content (AvgIpc) is 2.37. The van der Waals surface area contributed by atoms with Gasteiger partial charge in [0.05, 0.1) is 13.7 Å². The maximum Gasteiger partial charge on any atom is 0.191 e. The van der Waals surface area contributed by atoms with Gasteiger partial charge in [-0.15, -0.1) is 6.58 Å². The van der Waals surface area contributed by atoms with Crippen molar-refractivity contribution in [1.82, 2.24) is 0 Å². The summed E-state index contributed by atoms with van der Waals surface area (Å²) in [4.78, 5) is 12.0. The Bertz CT molecular complexity index is 406. The van der Waals surface area contributed by atoms with Gasteiger partial charge in [0.1, 0.15) is 11.9 Å². The van der Waals surface area contributed by atoms with Crippen LogP contribution in [0.2, 0.25) is 0 Å². The number of methoxy groups -OCH3 is 1. The molecule has 3 heteroatoms. The molecular weight excluding hydrogens is 228 g/mol. The number of carbonyl (C=O) groups excluding carboxylic acids is 1. The van der Waals surface area contributed by atoms with E-state index in [2.05, 4.69) is 6.58 Å². The van der Waals surface area contributed by atoms with Crippen molar-refractivity contribution < 1.29 is 14.3 Å². The standard InChI is InChI=1S/C15H20O3/c1-11(2)9-10-18-12(3)15(16)13-5-7-14(17-4)8-6-13/h5-8,12H,1,9-10H2,2-4H3. The fourth-order valence-corrected chi connectivity index (χ4v) is 1.48. The number of rotatable bonds is 7. The molecule has 0 aliphatic rings. The van der Waals surface area contributed by atoms with Crippen molar-refractivity contribution in [2.45, 2.75) is 26.4 Å². The van der Waals surface area contributed by atoms with E-state index < -0.39 is 6.10 Å². The molecule has 1 atom stereocenters. The minimum absolute atomic E-state index is 0.0145. The first-order valence-electron chi connectivity index (χ1n) is 5.99. The molecule has 0 bridgehead atoms. The van der Waals surface area contributed by atoms with E-state index in [1.54, 1.807) is 38.3 Å². The van der Waals surface area contributed by atoms with Crippen LogP contribution in [0.25, 0.3) is 0 Å². The Hall–Kier alpha value is -1.61. The van der Waals surface area contributed by atoms with E-state index in [0.717, 1.165) is 17.7 Å². The molecule has 0 amide bonds. The summed E-state index contributed by atoms with van der Waals surface area (Å²) in [6, 6.07) is 7.04. The molecule has 1 aromatic carbocycles. The van der Waals surface area contributed by atoms with Crippen LogP contribution in [0.4, 0.5) is 0 Å². The van der Waals surface area contributed by atoms with E-state index in [1.807, 2.05) is 6.92 Å². The number of hydrogen-bond donors (Lipinski definition) is 0. The molecule has 0 saturated heterocycles. The van der Waals surface area contributed by atoms with Crippen LogP contribution < -0.4 is 4.74 Å². The van der Waals surface area contributed by atoms with E-state index >= 15 is 0 Å². The number of ether oxygens (including phenoxy) is 2. The van der Waals surface area contributed by atoms with Crippen LogP contribution in [-0.2, 0) is 4.74 Å². The first-order valence-corrected chi connectivity index (χ1v) is 5.99. The normalized spacial score (nSPS) is 11.9. The van der Waals surface area contributed by atoms with Gasteiger partial charge in [-0.2, -0.15) is 0 Å². The second kappa shape index (κ2) is 6.97. The zero-order valence-corrected chi connectivity index (χ0v) is 11.2. The number of benzene rings is 1. The van der Waals surface area contributed by atoms with E-state index in [0.29, 0.717) is 12.2 Å². The van der Waals surface area contributed by atoms with Gasteiger partial charge >= 0.3 is 0 Å². The van der Waals surface area contributed by atoms with Crippen molar-refractivity contribution in [3.8, 4) is 5.75 Å². The van der Waals surface area contributed by atoms with Crippen molar-refractivity contribution in [2.24, 2.45) is 0 Å². The highest BCUT2D eigenvalue weighted by Crippen LogP contribution is 2.14. The van der Waals surface area contributed by atoms with Crippen LogP contribution in [0.5, 0.6) is 5.75 Å². The third-order valence-corrected chi connectivity index (χ3v) is 2.64. The minimum Gasteiger partial charge on any atom is -0.497 e. The summed E-state index contributed by atoms with van der Waals surface area (Å²) in [6.07, 6.45) is 0.345. The lowest BCUT2D eigenvalue weighted by atomic mass is 10.1. The Morgan fingerprint density at radius 1 is 1.33 bits per heavy atom. The lowest BCUT2D eigenvalue weighted by Gasteiger charge is -2.12. The Labute approximate surface area is 108 Å². The van der Waals surface area contributed by atoms with Gasteiger partial charge in [-0.1, -0.05) is 5.57 Å². The summed E-state index contributed by atoms with van der Waals surface area (Å²) in [5, 5.41) is 0. The molecule has 1 unspecified atom stereocenters. The van der Waals surface area contributed by atoms with Crippen molar-refractivity contribution in [3.63, 3.8) is 0 Å². The topological polar surface area (TPSA) is 35.5 Å². The van der Waals surface area contributed by atoms with Crippen LogP contribution in [0.1, 0.15) is 30.6 Å². The van der Waals surface area contributed by atoms with E-state index in [1.165, 1.54) is 0 Å². The summed E-state index contributed by atoms with van der Waals surface area (Å²) in [6.45, 7) is 8.03. The van der Waals surface area contributed by atoms with Crippen molar-refractivity contribution in [3.05, 3.63) is 42.0 Å². The van der Waals surface area contributed by atoms with Crippen LogP contribution >= 0.6 is 0 Å². The van der Waals surface area contributed by atoms with Gasteiger partial charge in [-0.25, -0.2) is 0 Å². The third kappa shape index (κ3) is 4.34. The van der Waals surface area contributed by atoms with Crippen molar-refractivity contribution in [1.29, 1.82) is 0 Å². The first-order chi connectivity index (χ1) is 8.54. The highest BCUT2D eigenvalue weighted by Gasteiger charge is 2.15. The van der Waals surface area contributed by atoms with Crippen molar-refractivity contribution in [2.75, 3.05) is 13.7 Å². The molecule has 0 heterocycles. The molecule has 0 spiro atoms. The van der Waals surface area contributed by atoms with Gasteiger partial charge in [-0.05, 0) is 44.5 Å². The zero-order chi connectivity index (χ0) is 13.5. The monoisotopic (exact) mass is 248 g/mol. The molecule has 0 radical (unpaired) electrons. The highest BCUT2D eigenvalue weighted by molar-refractivity contribution is 5.99. The van der Waals surface area contributed by atoms with Gasteiger partial charge in [-0.3, -0.25) is 4.79 Å². The molecule has 1 rings (SSSR count). The summed E-state index contributed by atoms with van der Waals surface area (Å²) in [5.41, 5.74) is 1.69. The predicted octanol–water partition coefficient (Wildman–Crippen LogP) is 3.25. The number of ketones is 1. The van der Waals surface area contributed by atoms with Gasteiger partial charge in [0.15, 0.2) is 5.78 Å². The smallest absolute Gasteiger partial charge is 0.191 e. The Morgan fingerprint density at radius 2 is 1.94 bits per heavy atom. The van der Waals surface area contributed by atoms with Gasteiger partial charge in [0, 0.05) is 5.56 Å². The highest BCUT2D eigenvalue weighted by atomic mass is 16.5. The van der Waals surface area contributed by atoms with Crippen molar-refractivity contribution >= 4 is 5.78 Å². The van der Waals surface area contributed by atoms with Gasteiger partial charge in [0.25, 0.3) is 0 Å². The molecule has 3 nitrogen and oxygen atoms in total. The fourth-order valence-electron chi connectivity index (χ4n) is 1.48. The zero-order valence-electron chi connectivity index (χ0n) is 11.2. The molecule has 0 saturated carbocycles. The maximum atomic E-state index is 12.0. The van der Waals surface area contributed by atoms with Crippen LogP contribution in [0.3, 0.4) is 0 Å². The molecular formula is C15H20O3. The summed E-state index contributed by atoms with van der Waals surface area (Å²) < 4.78 is 10.5. The summed E-state index contributed by atoms with van der Waals surface area (Å²) in [5.74, 6) is 0.724. The van der Waals surface area contributed by atoms with Gasteiger partial charge in [0.2, 0.25) is 0 Å². The molecule has 0 N–H and O–H groups in total. The second-order valence-corrected chi connectivity index (χ2v) is 4.31. The SMILES string of the molecule is C=C(C)CCOC(C)C(=O)c1ccc(OC)cc1. The molecule has 18 heavy (non-hydrogen) atoms. The molecule has 0 aromatic heterocycles. The second-order valence-electron chi connectivity index (χ2n) is 4.31. The largest absolute Gasteiger partial charge is 0.497 e. The lowest BCUT2D eigenvalue weighted by Crippen LogP contribution is -2.21. The third-order valence-electron chi connectivity index (χ3n) is 2.64. The molecule has 0 aliphatic heterocycles.